The maximum absolute atomic E-state index is 12.6. The minimum Gasteiger partial charge on any atom is -0.444 e. The van der Waals surface area contributed by atoms with Crippen LogP contribution < -0.4 is 10.6 Å². The fourth-order valence-corrected chi connectivity index (χ4v) is 2.95. The Hall–Kier alpha value is -2.61. The Kier molecular flexibility index (Phi) is 7.61. The molecule has 8 nitrogen and oxygen atoms in total. The molecule has 0 spiro atoms. The molecule has 0 aliphatic rings. The van der Waals surface area contributed by atoms with E-state index in [1.165, 1.54) is 0 Å². The van der Waals surface area contributed by atoms with Gasteiger partial charge >= 0.3 is 6.09 Å². The molecule has 0 bridgehead atoms. The number of anilines is 1. The van der Waals surface area contributed by atoms with Crippen LogP contribution in [0.1, 0.15) is 41.5 Å². The number of benzene rings is 1. The van der Waals surface area contributed by atoms with Gasteiger partial charge in [-0.3, -0.25) is 10.1 Å². The number of aromatic nitrogens is 2. The Morgan fingerprint density at radius 2 is 1.86 bits per heavy atom. The first-order chi connectivity index (χ1) is 13.6. The van der Waals surface area contributed by atoms with Crippen LogP contribution in [0.4, 0.5) is 10.7 Å². The maximum Gasteiger partial charge on any atom is 0.408 e. The summed E-state index contributed by atoms with van der Waals surface area (Å²) >= 11 is 0. The smallest absolute Gasteiger partial charge is 0.408 e. The van der Waals surface area contributed by atoms with Gasteiger partial charge in [-0.1, -0.05) is 26.0 Å². The molecule has 1 heterocycles. The second-order valence-corrected chi connectivity index (χ2v) is 7.96. The first-order valence-corrected chi connectivity index (χ1v) is 10.1. The molecule has 0 aliphatic carbocycles. The van der Waals surface area contributed by atoms with Crippen molar-refractivity contribution in [2.45, 2.75) is 59.7 Å². The Labute approximate surface area is 172 Å². The fraction of sp³-hybridized carbons (Fsp3) is 0.571. The normalized spacial score (nSPS) is 12.8. The van der Waals surface area contributed by atoms with Gasteiger partial charge in [-0.15, -0.1) is 0 Å². The average Bonchev–Trinajstić information content (AvgIpc) is 2.98. The van der Waals surface area contributed by atoms with E-state index in [1.54, 1.807) is 27.7 Å². The van der Waals surface area contributed by atoms with Crippen molar-refractivity contribution in [3.05, 3.63) is 24.3 Å². The van der Waals surface area contributed by atoms with Gasteiger partial charge in [0.2, 0.25) is 11.9 Å². The molecular weight excluding hydrogens is 370 g/mol. The highest BCUT2D eigenvalue weighted by molar-refractivity contribution is 5.96. The number of fused-ring (bicyclic) bond motifs is 1. The second-order valence-electron chi connectivity index (χ2n) is 7.96. The van der Waals surface area contributed by atoms with Crippen LogP contribution in [0, 0.1) is 0 Å². The van der Waals surface area contributed by atoms with E-state index < -0.39 is 17.7 Å². The Morgan fingerprint density at radius 1 is 1.21 bits per heavy atom. The summed E-state index contributed by atoms with van der Waals surface area (Å²) in [5, 5.41) is 5.41. The average molecular weight is 404 g/mol. The van der Waals surface area contributed by atoms with Gasteiger partial charge < -0.3 is 19.5 Å². The summed E-state index contributed by atoms with van der Waals surface area (Å²) < 4.78 is 7.22. The zero-order valence-electron chi connectivity index (χ0n) is 18.3. The highest BCUT2D eigenvalue weighted by Gasteiger charge is 2.22. The summed E-state index contributed by atoms with van der Waals surface area (Å²) in [6.07, 6.45) is -0.629. The molecule has 1 atom stereocenters. The molecular formula is C21H33N5O3. The molecule has 160 valence electrons. The predicted molar refractivity (Wildman–Crippen MR) is 115 cm³/mol. The number of ether oxygens (including phenoxy) is 1. The number of hydrogen-bond acceptors (Lipinski definition) is 5. The van der Waals surface area contributed by atoms with Crippen molar-refractivity contribution in [3.63, 3.8) is 0 Å². The Morgan fingerprint density at radius 3 is 2.48 bits per heavy atom. The molecule has 0 saturated heterocycles. The molecule has 0 unspecified atom stereocenters. The van der Waals surface area contributed by atoms with Crippen LogP contribution in [0.5, 0.6) is 0 Å². The Balaban J connectivity index is 2.14. The predicted octanol–water partition coefficient (Wildman–Crippen LogP) is 3.23. The van der Waals surface area contributed by atoms with E-state index in [0.29, 0.717) is 12.5 Å². The largest absolute Gasteiger partial charge is 0.444 e. The van der Waals surface area contributed by atoms with Crippen LogP contribution in [0.25, 0.3) is 11.0 Å². The van der Waals surface area contributed by atoms with E-state index in [1.807, 2.05) is 28.8 Å². The first kappa shape index (κ1) is 22.7. The molecule has 2 N–H and O–H groups in total. The van der Waals surface area contributed by atoms with Crippen LogP contribution in [-0.2, 0) is 16.1 Å². The van der Waals surface area contributed by atoms with Crippen LogP contribution >= 0.6 is 0 Å². The van der Waals surface area contributed by atoms with E-state index in [4.69, 9.17) is 4.74 Å². The van der Waals surface area contributed by atoms with Crippen molar-refractivity contribution < 1.29 is 14.3 Å². The van der Waals surface area contributed by atoms with Crippen LogP contribution in [0.2, 0.25) is 0 Å². The third-order valence-electron chi connectivity index (χ3n) is 4.55. The molecule has 0 fully saturated rings. The van der Waals surface area contributed by atoms with Crippen molar-refractivity contribution in [2.75, 3.05) is 25.0 Å². The number of rotatable bonds is 8. The molecule has 29 heavy (non-hydrogen) atoms. The zero-order valence-corrected chi connectivity index (χ0v) is 18.3. The topological polar surface area (TPSA) is 88.5 Å². The summed E-state index contributed by atoms with van der Waals surface area (Å²) in [4.78, 5) is 31.5. The number of carbonyl (C=O) groups is 2. The van der Waals surface area contributed by atoms with Gasteiger partial charge in [0.1, 0.15) is 11.6 Å². The summed E-state index contributed by atoms with van der Waals surface area (Å²) in [5.41, 5.74) is 1.15. The van der Waals surface area contributed by atoms with Crippen molar-refractivity contribution in [3.8, 4) is 0 Å². The molecule has 0 saturated carbocycles. The minimum absolute atomic E-state index is 0.352. The first-order valence-electron chi connectivity index (χ1n) is 10.1. The van der Waals surface area contributed by atoms with Gasteiger partial charge in [0.05, 0.1) is 11.0 Å². The quantitative estimate of drug-likeness (QED) is 0.706. The van der Waals surface area contributed by atoms with E-state index in [-0.39, 0.29) is 5.91 Å². The zero-order chi connectivity index (χ0) is 21.6. The van der Waals surface area contributed by atoms with E-state index >= 15 is 0 Å². The number of alkyl carbamates (subject to hydrolysis) is 1. The van der Waals surface area contributed by atoms with Gasteiger partial charge in [0, 0.05) is 13.1 Å². The maximum atomic E-state index is 12.6. The molecule has 0 aliphatic heterocycles. The number of carbonyl (C=O) groups excluding carboxylic acids is 2. The molecule has 1 aromatic carbocycles. The van der Waals surface area contributed by atoms with E-state index in [0.717, 1.165) is 30.7 Å². The number of amides is 2. The number of hydrogen-bond donors (Lipinski definition) is 2. The summed E-state index contributed by atoms with van der Waals surface area (Å²) in [7, 11) is 0. The molecule has 2 rings (SSSR count). The molecule has 2 aromatic rings. The lowest BCUT2D eigenvalue weighted by Crippen LogP contribution is -2.44. The third-order valence-corrected chi connectivity index (χ3v) is 4.55. The highest BCUT2D eigenvalue weighted by Crippen LogP contribution is 2.20. The molecule has 1 aromatic heterocycles. The van der Waals surface area contributed by atoms with Gasteiger partial charge in [0.15, 0.2) is 0 Å². The lowest BCUT2D eigenvalue weighted by Gasteiger charge is -2.22. The van der Waals surface area contributed by atoms with Crippen molar-refractivity contribution in [1.82, 2.24) is 19.8 Å². The molecule has 8 heteroatoms. The lowest BCUT2D eigenvalue weighted by molar-refractivity contribution is -0.117. The second kappa shape index (κ2) is 9.73. The molecule has 2 amide bonds. The van der Waals surface area contributed by atoms with Gasteiger partial charge in [-0.2, -0.15) is 0 Å². The summed E-state index contributed by atoms with van der Waals surface area (Å²) in [5.74, 6) is 0.122. The number of para-hydroxylation sites is 2. The summed E-state index contributed by atoms with van der Waals surface area (Å²) in [6, 6.07) is 7.02. The van der Waals surface area contributed by atoms with Crippen molar-refractivity contribution >= 4 is 29.0 Å². The number of likely N-dealkylation sites (N-methyl/N-ethyl adjacent to an activating group) is 1. The van der Waals surface area contributed by atoms with Gasteiger partial charge in [-0.25, -0.2) is 9.78 Å². The standard InChI is InChI=1S/C21H33N5O3/c1-7-25(8-2)13-14-26-17-12-10-9-11-16(17)23-19(26)24-18(27)15(3)22-20(28)29-21(4,5)6/h9-12,15H,7-8,13-14H2,1-6H3,(H,22,28)(H,23,24,27)/t15-/m1/s1. The summed E-state index contributed by atoms with van der Waals surface area (Å²) in [6.45, 7) is 14.7. The van der Waals surface area contributed by atoms with Crippen LogP contribution in [-0.4, -0.2) is 57.7 Å². The monoisotopic (exact) mass is 403 g/mol. The number of nitrogens with one attached hydrogen (secondary N) is 2. The Bertz CT molecular complexity index is 836. The van der Waals surface area contributed by atoms with Gasteiger partial charge in [0.25, 0.3) is 0 Å². The van der Waals surface area contributed by atoms with Crippen LogP contribution in [0.15, 0.2) is 24.3 Å². The van der Waals surface area contributed by atoms with Gasteiger partial charge in [-0.05, 0) is 52.9 Å². The number of imidazole rings is 1. The van der Waals surface area contributed by atoms with Crippen LogP contribution in [0.3, 0.4) is 0 Å². The van der Waals surface area contributed by atoms with Crippen molar-refractivity contribution in [1.29, 1.82) is 0 Å². The minimum atomic E-state index is -0.763. The third kappa shape index (κ3) is 6.45. The number of nitrogens with zero attached hydrogens (tertiary/aromatic N) is 3. The molecule has 0 radical (unpaired) electrons. The lowest BCUT2D eigenvalue weighted by atomic mass is 10.2. The van der Waals surface area contributed by atoms with E-state index in [9.17, 15) is 9.59 Å². The van der Waals surface area contributed by atoms with Crippen molar-refractivity contribution in [2.24, 2.45) is 0 Å². The van der Waals surface area contributed by atoms with E-state index in [2.05, 4.69) is 34.4 Å². The highest BCUT2D eigenvalue weighted by atomic mass is 16.6. The fourth-order valence-electron chi connectivity index (χ4n) is 2.95. The SMILES string of the molecule is CCN(CC)CCn1c(NC(=O)[C@@H](C)NC(=O)OC(C)(C)C)nc2ccccc21.